The number of nitrogens with zero attached hydrogens (tertiary/aromatic N) is 1. The molecule has 84 valence electrons. The molecule has 0 saturated carbocycles. The Kier molecular flexibility index (Phi) is 2.50. The molecule has 17 heavy (non-hydrogen) atoms. The minimum Gasteiger partial charge on any atom is -0.380 e. The first-order valence-corrected chi connectivity index (χ1v) is 5.63. The molecule has 2 N–H and O–H groups in total. The van der Waals surface area contributed by atoms with Gasteiger partial charge >= 0.3 is 0 Å². The van der Waals surface area contributed by atoms with Crippen LogP contribution in [0, 0.1) is 0 Å². The monoisotopic (exact) mass is 223 g/mol. The maximum Gasteiger partial charge on any atom is 0.0671 e. The lowest BCUT2D eigenvalue weighted by molar-refractivity contribution is 1.12. The van der Waals surface area contributed by atoms with Gasteiger partial charge in [-0.1, -0.05) is 36.4 Å². The highest BCUT2D eigenvalue weighted by atomic mass is 15.1. The van der Waals surface area contributed by atoms with Crippen LogP contribution in [0.4, 0.5) is 5.69 Å². The summed E-state index contributed by atoms with van der Waals surface area (Å²) in [5, 5.41) is 11.6. The lowest BCUT2D eigenvalue weighted by Gasteiger charge is -2.07. The zero-order chi connectivity index (χ0) is 11.5. The van der Waals surface area contributed by atoms with Crippen LogP contribution in [0.25, 0.3) is 10.9 Å². The van der Waals surface area contributed by atoms with E-state index in [1.165, 1.54) is 5.56 Å². The Morgan fingerprint density at radius 3 is 2.76 bits per heavy atom. The number of fused-ring (bicyclic) bond motifs is 1. The fourth-order valence-corrected chi connectivity index (χ4v) is 1.92. The molecule has 0 aliphatic carbocycles. The van der Waals surface area contributed by atoms with Gasteiger partial charge in [-0.25, -0.2) is 0 Å². The number of nitrogens with one attached hydrogen (secondary N) is 2. The summed E-state index contributed by atoms with van der Waals surface area (Å²) in [5.74, 6) is 0. The van der Waals surface area contributed by atoms with Crippen LogP contribution in [0.5, 0.6) is 0 Å². The summed E-state index contributed by atoms with van der Waals surface area (Å²) in [6.45, 7) is 0.825. The molecule has 0 atom stereocenters. The molecule has 0 aliphatic heterocycles. The highest BCUT2D eigenvalue weighted by molar-refractivity contribution is 5.90. The second kappa shape index (κ2) is 4.29. The van der Waals surface area contributed by atoms with Crippen LogP contribution in [0.2, 0.25) is 0 Å². The second-order valence-corrected chi connectivity index (χ2v) is 3.98. The number of hydrogen-bond acceptors (Lipinski definition) is 2. The zero-order valence-electron chi connectivity index (χ0n) is 9.35. The predicted molar refractivity (Wildman–Crippen MR) is 69.9 cm³/mol. The molecule has 2 aromatic carbocycles. The Morgan fingerprint density at radius 1 is 1.00 bits per heavy atom. The van der Waals surface area contributed by atoms with Crippen molar-refractivity contribution in [2.45, 2.75) is 6.54 Å². The second-order valence-electron chi connectivity index (χ2n) is 3.98. The molecule has 3 nitrogen and oxygen atoms in total. The molecular formula is C14H13N3. The van der Waals surface area contributed by atoms with E-state index in [9.17, 15) is 0 Å². The number of benzene rings is 2. The lowest BCUT2D eigenvalue weighted by atomic mass is 10.2. The summed E-state index contributed by atoms with van der Waals surface area (Å²) in [5.41, 5.74) is 3.44. The maximum atomic E-state index is 4.05. The molecular weight excluding hydrogens is 210 g/mol. The normalized spacial score (nSPS) is 10.6. The third-order valence-electron chi connectivity index (χ3n) is 2.81. The van der Waals surface area contributed by atoms with Gasteiger partial charge in [0.15, 0.2) is 0 Å². The van der Waals surface area contributed by atoms with Crippen molar-refractivity contribution in [2.24, 2.45) is 0 Å². The summed E-state index contributed by atoms with van der Waals surface area (Å²) < 4.78 is 0. The molecule has 3 aromatic rings. The van der Waals surface area contributed by atoms with Crippen LogP contribution in [-0.4, -0.2) is 10.2 Å². The average Bonchev–Trinajstić information content (AvgIpc) is 2.86. The lowest BCUT2D eigenvalue weighted by Crippen LogP contribution is -1.99. The molecule has 0 unspecified atom stereocenters. The first kappa shape index (κ1) is 9.90. The number of H-pyrrole nitrogens is 1. The van der Waals surface area contributed by atoms with Crippen LogP contribution in [-0.2, 0) is 6.54 Å². The van der Waals surface area contributed by atoms with Gasteiger partial charge in [0.2, 0.25) is 0 Å². The SMILES string of the molecule is c1ccc(CNc2cccc3[nH]ncc23)cc1. The number of aromatic nitrogens is 2. The summed E-state index contributed by atoms with van der Waals surface area (Å²) in [6, 6.07) is 16.5. The molecule has 1 heterocycles. The minimum absolute atomic E-state index is 0.825. The molecule has 0 saturated heterocycles. The van der Waals surface area contributed by atoms with Gasteiger partial charge in [0.1, 0.15) is 0 Å². The minimum atomic E-state index is 0.825. The van der Waals surface area contributed by atoms with Crippen LogP contribution in [0.3, 0.4) is 0 Å². The van der Waals surface area contributed by atoms with Gasteiger partial charge in [0.05, 0.1) is 11.7 Å². The van der Waals surface area contributed by atoms with Crippen molar-refractivity contribution < 1.29 is 0 Å². The molecule has 1 aromatic heterocycles. The first-order chi connectivity index (χ1) is 8.43. The van der Waals surface area contributed by atoms with Gasteiger partial charge in [-0.3, -0.25) is 5.10 Å². The van der Waals surface area contributed by atoms with Crippen molar-refractivity contribution in [3.05, 3.63) is 60.3 Å². The number of aromatic amines is 1. The van der Waals surface area contributed by atoms with E-state index < -0.39 is 0 Å². The third kappa shape index (κ3) is 1.99. The van der Waals surface area contributed by atoms with E-state index in [4.69, 9.17) is 0 Å². The van der Waals surface area contributed by atoms with E-state index in [1.54, 1.807) is 0 Å². The van der Waals surface area contributed by atoms with Crippen molar-refractivity contribution in [1.82, 2.24) is 10.2 Å². The van der Waals surface area contributed by atoms with Crippen molar-refractivity contribution in [3.63, 3.8) is 0 Å². The molecule has 0 radical (unpaired) electrons. The van der Waals surface area contributed by atoms with E-state index >= 15 is 0 Å². The van der Waals surface area contributed by atoms with Gasteiger partial charge in [-0.15, -0.1) is 0 Å². The third-order valence-corrected chi connectivity index (χ3v) is 2.81. The quantitative estimate of drug-likeness (QED) is 0.716. The summed E-state index contributed by atoms with van der Waals surface area (Å²) in [6.07, 6.45) is 1.85. The molecule has 0 amide bonds. The van der Waals surface area contributed by atoms with Crippen molar-refractivity contribution in [2.75, 3.05) is 5.32 Å². The predicted octanol–water partition coefficient (Wildman–Crippen LogP) is 3.18. The van der Waals surface area contributed by atoms with Crippen molar-refractivity contribution in [1.29, 1.82) is 0 Å². The molecule has 3 rings (SSSR count). The summed E-state index contributed by atoms with van der Waals surface area (Å²) in [7, 11) is 0. The largest absolute Gasteiger partial charge is 0.380 e. The average molecular weight is 223 g/mol. The topological polar surface area (TPSA) is 40.7 Å². The molecule has 0 bridgehead atoms. The van der Waals surface area contributed by atoms with Crippen LogP contribution in [0.15, 0.2) is 54.7 Å². The molecule has 0 spiro atoms. The fraction of sp³-hybridized carbons (Fsp3) is 0.0714. The Morgan fingerprint density at radius 2 is 1.88 bits per heavy atom. The Bertz CT molecular complexity index is 613. The van der Waals surface area contributed by atoms with Gasteiger partial charge in [-0.2, -0.15) is 5.10 Å². The molecule has 0 fully saturated rings. The number of rotatable bonds is 3. The van der Waals surface area contributed by atoms with Crippen LogP contribution in [0.1, 0.15) is 5.56 Å². The standard InChI is InChI=1S/C14H13N3/c1-2-5-11(6-3-1)9-15-13-7-4-8-14-12(13)10-16-17-14/h1-8,10,15H,9H2,(H,16,17). The molecule has 0 aliphatic rings. The van der Waals surface area contributed by atoms with E-state index in [2.05, 4.69) is 45.8 Å². The molecule has 3 heteroatoms. The highest BCUT2D eigenvalue weighted by Crippen LogP contribution is 2.21. The first-order valence-electron chi connectivity index (χ1n) is 5.63. The van der Waals surface area contributed by atoms with E-state index in [0.717, 1.165) is 23.1 Å². The van der Waals surface area contributed by atoms with Gasteiger partial charge in [-0.05, 0) is 17.7 Å². The summed E-state index contributed by atoms with van der Waals surface area (Å²) in [4.78, 5) is 0. The Balaban J connectivity index is 1.84. The summed E-state index contributed by atoms with van der Waals surface area (Å²) >= 11 is 0. The van der Waals surface area contributed by atoms with E-state index in [-0.39, 0.29) is 0 Å². The van der Waals surface area contributed by atoms with Crippen LogP contribution >= 0.6 is 0 Å². The van der Waals surface area contributed by atoms with Crippen molar-refractivity contribution in [3.8, 4) is 0 Å². The van der Waals surface area contributed by atoms with Gasteiger partial charge in [0, 0.05) is 17.6 Å². The van der Waals surface area contributed by atoms with Crippen molar-refractivity contribution >= 4 is 16.6 Å². The number of hydrogen-bond donors (Lipinski definition) is 2. The van der Waals surface area contributed by atoms with Gasteiger partial charge in [0.25, 0.3) is 0 Å². The number of anilines is 1. The zero-order valence-corrected chi connectivity index (χ0v) is 9.35. The Hall–Kier alpha value is -2.29. The van der Waals surface area contributed by atoms with Gasteiger partial charge < -0.3 is 5.32 Å². The van der Waals surface area contributed by atoms with E-state index in [1.807, 2.05) is 24.4 Å². The van der Waals surface area contributed by atoms with E-state index in [0.29, 0.717) is 0 Å². The maximum absolute atomic E-state index is 4.05. The smallest absolute Gasteiger partial charge is 0.0671 e. The highest BCUT2D eigenvalue weighted by Gasteiger charge is 2.01. The Labute approximate surface area is 99.5 Å². The fourth-order valence-electron chi connectivity index (χ4n) is 1.92. The van der Waals surface area contributed by atoms with Crippen LogP contribution < -0.4 is 5.32 Å².